The summed E-state index contributed by atoms with van der Waals surface area (Å²) in [6, 6.07) is 11.0. The van der Waals surface area contributed by atoms with Crippen molar-refractivity contribution in [3.63, 3.8) is 0 Å². The van der Waals surface area contributed by atoms with E-state index < -0.39 is 0 Å². The maximum atomic E-state index is 4.32. The topological polar surface area (TPSA) is 55.8 Å². The second kappa shape index (κ2) is 15.3. The van der Waals surface area contributed by atoms with Crippen molar-refractivity contribution in [1.29, 1.82) is 0 Å². The number of hydrogen-bond donors (Lipinski definition) is 2. The van der Waals surface area contributed by atoms with E-state index in [1.54, 1.807) is 17.9 Å². The molecule has 0 unspecified atom stereocenters. The molecule has 36 heavy (non-hydrogen) atoms. The quantitative estimate of drug-likeness (QED) is 0.623. The van der Waals surface area contributed by atoms with E-state index in [0.29, 0.717) is 0 Å². The number of aryl methyl sites for hydroxylation is 2. The number of hydrogen-bond acceptors (Lipinski definition) is 6. The SMILES string of the molecule is C=CC=NC(=C)CN1CCN(c2cccc3c2CCNC3)CC1.CNC.c1cnc2c(c1)CCCC2. The highest BCUT2D eigenvalue weighted by atomic mass is 15.3. The summed E-state index contributed by atoms with van der Waals surface area (Å²) in [5.41, 5.74) is 8.14. The van der Waals surface area contributed by atoms with Crippen molar-refractivity contribution in [2.75, 3.05) is 58.3 Å². The van der Waals surface area contributed by atoms with Gasteiger partial charge in [-0.3, -0.25) is 14.9 Å². The summed E-state index contributed by atoms with van der Waals surface area (Å²) in [4.78, 5) is 13.6. The van der Waals surface area contributed by atoms with Crippen molar-refractivity contribution in [2.24, 2.45) is 4.99 Å². The van der Waals surface area contributed by atoms with Crippen LogP contribution in [0, 0.1) is 0 Å². The Morgan fingerprint density at radius 2 is 1.81 bits per heavy atom. The first kappa shape index (κ1) is 27.8. The summed E-state index contributed by atoms with van der Waals surface area (Å²) in [6.45, 7) is 14.9. The minimum absolute atomic E-state index is 0.842. The van der Waals surface area contributed by atoms with E-state index >= 15 is 0 Å². The zero-order valence-electron chi connectivity index (χ0n) is 22.3. The molecule has 2 aromatic rings. The van der Waals surface area contributed by atoms with Crippen LogP contribution in [0.3, 0.4) is 0 Å². The molecule has 0 saturated carbocycles. The Balaban J connectivity index is 0.000000229. The zero-order chi connectivity index (χ0) is 25.6. The molecule has 1 aliphatic carbocycles. The maximum absolute atomic E-state index is 4.32. The van der Waals surface area contributed by atoms with E-state index in [2.05, 4.69) is 67.8 Å². The number of benzene rings is 1. The van der Waals surface area contributed by atoms with Gasteiger partial charge in [-0.15, -0.1) is 0 Å². The molecule has 1 saturated heterocycles. The summed E-state index contributed by atoms with van der Waals surface area (Å²) in [5.74, 6) is 0. The lowest BCUT2D eigenvalue weighted by Gasteiger charge is -2.38. The molecular weight excluding hydrogens is 444 g/mol. The van der Waals surface area contributed by atoms with E-state index in [9.17, 15) is 0 Å². The molecule has 0 spiro atoms. The number of anilines is 1. The van der Waals surface area contributed by atoms with Gasteiger partial charge < -0.3 is 15.5 Å². The molecule has 2 aliphatic heterocycles. The third-order valence-electron chi connectivity index (χ3n) is 6.69. The Hall–Kier alpha value is -2.80. The van der Waals surface area contributed by atoms with Crippen LogP contribution in [0.5, 0.6) is 0 Å². The average Bonchev–Trinajstić information content (AvgIpc) is 2.93. The first-order valence-corrected chi connectivity index (χ1v) is 13.3. The van der Waals surface area contributed by atoms with Gasteiger partial charge in [0, 0.05) is 68.8 Å². The number of pyridine rings is 1. The van der Waals surface area contributed by atoms with Gasteiger partial charge in [-0.05, 0) is 81.6 Å². The summed E-state index contributed by atoms with van der Waals surface area (Å²) >= 11 is 0. The van der Waals surface area contributed by atoms with E-state index in [1.165, 1.54) is 48.2 Å². The fourth-order valence-corrected chi connectivity index (χ4v) is 4.94. The van der Waals surface area contributed by atoms with E-state index in [-0.39, 0.29) is 0 Å². The Morgan fingerprint density at radius 3 is 2.56 bits per heavy atom. The van der Waals surface area contributed by atoms with Gasteiger partial charge in [-0.2, -0.15) is 0 Å². The first-order chi connectivity index (χ1) is 17.7. The van der Waals surface area contributed by atoms with Gasteiger partial charge in [-0.1, -0.05) is 37.4 Å². The number of nitrogens with one attached hydrogen (secondary N) is 2. The molecule has 0 radical (unpaired) electrons. The first-order valence-electron chi connectivity index (χ1n) is 13.3. The van der Waals surface area contributed by atoms with Crippen LogP contribution in [0.25, 0.3) is 0 Å². The van der Waals surface area contributed by atoms with E-state index in [1.807, 2.05) is 26.4 Å². The molecule has 1 fully saturated rings. The maximum Gasteiger partial charge on any atom is 0.0472 e. The van der Waals surface area contributed by atoms with E-state index in [4.69, 9.17) is 0 Å². The minimum atomic E-state index is 0.842. The molecule has 0 bridgehead atoms. The highest BCUT2D eigenvalue weighted by molar-refractivity contribution is 5.71. The molecule has 3 heterocycles. The van der Waals surface area contributed by atoms with Crippen LogP contribution in [0.2, 0.25) is 0 Å². The Labute approximate surface area is 218 Å². The van der Waals surface area contributed by atoms with Crippen LogP contribution < -0.4 is 15.5 Å². The lowest BCUT2D eigenvalue weighted by Crippen LogP contribution is -2.47. The van der Waals surface area contributed by atoms with Crippen molar-refractivity contribution < 1.29 is 0 Å². The Kier molecular flexibility index (Phi) is 11.8. The van der Waals surface area contributed by atoms with Crippen LogP contribution in [0.4, 0.5) is 5.69 Å². The van der Waals surface area contributed by atoms with Gasteiger partial charge in [-0.25, -0.2) is 0 Å². The summed E-state index contributed by atoms with van der Waals surface area (Å²) in [7, 11) is 3.75. The summed E-state index contributed by atoms with van der Waals surface area (Å²) < 4.78 is 0. The number of fused-ring (bicyclic) bond motifs is 2. The molecule has 3 aliphatic rings. The smallest absolute Gasteiger partial charge is 0.0472 e. The van der Waals surface area contributed by atoms with Crippen LogP contribution >= 0.6 is 0 Å². The molecule has 1 aromatic carbocycles. The lowest BCUT2D eigenvalue weighted by atomic mass is 9.96. The normalized spacial score (nSPS) is 17.1. The predicted octanol–water partition coefficient (Wildman–Crippen LogP) is 4.02. The second-order valence-corrected chi connectivity index (χ2v) is 9.50. The number of nitrogens with zero attached hydrogens (tertiary/aromatic N) is 4. The molecule has 1 aromatic heterocycles. The highest BCUT2D eigenvalue weighted by Crippen LogP contribution is 2.27. The predicted molar refractivity (Wildman–Crippen MR) is 154 cm³/mol. The van der Waals surface area contributed by atoms with Crippen molar-refractivity contribution >= 4 is 11.9 Å². The van der Waals surface area contributed by atoms with Gasteiger partial charge in [0.1, 0.15) is 0 Å². The van der Waals surface area contributed by atoms with Crippen molar-refractivity contribution in [1.82, 2.24) is 20.5 Å². The molecule has 0 amide bonds. The molecule has 2 N–H and O–H groups in total. The highest BCUT2D eigenvalue weighted by Gasteiger charge is 2.21. The second-order valence-electron chi connectivity index (χ2n) is 9.50. The van der Waals surface area contributed by atoms with E-state index in [0.717, 1.165) is 57.9 Å². The Bertz CT molecular complexity index is 966. The number of piperazine rings is 1. The minimum Gasteiger partial charge on any atom is -0.369 e. The standard InChI is InChI=1S/C19H26N4.C9H11N.C2H7N/c1-3-8-21-16(2)15-22-10-12-23(13-11-22)19-6-4-5-17-14-20-9-7-18(17)19;1-2-6-9-8(4-1)5-3-7-10-9;1-3-2/h3-6,8,20H,1-2,7,9-15H2;3,5,7H,1-2,4,6H2;3H,1-2H3. The Morgan fingerprint density at radius 1 is 1.06 bits per heavy atom. The fourth-order valence-electron chi connectivity index (χ4n) is 4.94. The molecular formula is C30H44N6. The molecule has 0 atom stereocenters. The van der Waals surface area contributed by atoms with Gasteiger partial charge in [0.15, 0.2) is 0 Å². The van der Waals surface area contributed by atoms with Gasteiger partial charge in [0.2, 0.25) is 0 Å². The van der Waals surface area contributed by atoms with Gasteiger partial charge in [0.05, 0.1) is 0 Å². The average molecular weight is 489 g/mol. The van der Waals surface area contributed by atoms with Crippen LogP contribution in [-0.4, -0.2) is 69.5 Å². The van der Waals surface area contributed by atoms with Gasteiger partial charge in [0.25, 0.3) is 0 Å². The molecule has 5 rings (SSSR count). The zero-order valence-corrected chi connectivity index (χ0v) is 22.3. The fraction of sp³-hybridized carbons (Fsp3) is 0.467. The van der Waals surface area contributed by atoms with Crippen LogP contribution in [0.15, 0.2) is 66.5 Å². The monoisotopic (exact) mass is 488 g/mol. The largest absolute Gasteiger partial charge is 0.369 e. The molecule has 194 valence electrons. The molecule has 6 nitrogen and oxygen atoms in total. The number of aromatic nitrogens is 1. The van der Waals surface area contributed by atoms with Crippen LogP contribution in [-0.2, 0) is 25.8 Å². The number of aliphatic imine (C=N–C) groups is 1. The van der Waals surface area contributed by atoms with Crippen LogP contribution in [0.1, 0.15) is 35.2 Å². The number of rotatable bonds is 5. The third kappa shape index (κ3) is 8.40. The number of allylic oxidation sites excluding steroid dienone is 1. The third-order valence-corrected chi connectivity index (χ3v) is 6.69. The van der Waals surface area contributed by atoms with Crippen molar-refractivity contribution in [2.45, 2.75) is 38.6 Å². The van der Waals surface area contributed by atoms with Crippen molar-refractivity contribution in [3.05, 3.63) is 83.8 Å². The van der Waals surface area contributed by atoms with Gasteiger partial charge >= 0.3 is 0 Å². The lowest BCUT2D eigenvalue weighted by molar-refractivity contribution is 0.277. The molecule has 6 heteroatoms. The summed E-state index contributed by atoms with van der Waals surface area (Å²) in [6.07, 6.45) is 11.5. The van der Waals surface area contributed by atoms with Crippen molar-refractivity contribution in [3.8, 4) is 0 Å². The summed E-state index contributed by atoms with van der Waals surface area (Å²) in [5, 5.41) is 6.21.